The van der Waals surface area contributed by atoms with Crippen LogP contribution in [0.25, 0.3) is 0 Å². The highest BCUT2D eigenvalue weighted by atomic mass is 32.2. The van der Waals surface area contributed by atoms with E-state index in [0.717, 1.165) is 15.3 Å². The number of urea groups is 1. The number of ether oxygens (including phenoxy) is 2. The molecule has 1 heterocycles. The van der Waals surface area contributed by atoms with Crippen molar-refractivity contribution in [2.24, 2.45) is 0 Å². The van der Waals surface area contributed by atoms with Crippen LogP contribution in [0.2, 0.25) is 0 Å². The van der Waals surface area contributed by atoms with Crippen molar-refractivity contribution < 1.29 is 19.1 Å². The summed E-state index contributed by atoms with van der Waals surface area (Å²) in [6.07, 6.45) is 2.65. The summed E-state index contributed by atoms with van der Waals surface area (Å²) in [6.45, 7) is 6.88. The van der Waals surface area contributed by atoms with Crippen molar-refractivity contribution in [3.05, 3.63) is 69.9 Å². The van der Waals surface area contributed by atoms with E-state index < -0.39 is 0 Å². The van der Waals surface area contributed by atoms with Crippen molar-refractivity contribution >= 4 is 40.7 Å². The number of carbonyl (C=O) groups is 2. The number of rotatable bonds is 12. The average Bonchev–Trinajstić information content (AvgIpc) is 3.33. The molecule has 2 aromatic carbocycles. The minimum atomic E-state index is -0.294. The summed E-state index contributed by atoms with van der Waals surface area (Å²) >= 11 is 3.32. The lowest BCUT2D eigenvalue weighted by molar-refractivity contribution is -0.132. The standard InChI is InChI=1S/C29H37N3O4S2/c1-20(2)32(29(34)30-23-9-12-24(37-6)13-10-23)19-28(33)31(18-25-11-7-21(3)38-25)16-15-22-8-14-26(35-4)27(17-22)36-5/h7-14,17,20H,15-16,18-19H2,1-6H3,(H,30,34). The molecular formula is C29H37N3O4S2. The van der Waals surface area contributed by atoms with Crippen LogP contribution in [-0.2, 0) is 17.8 Å². The van der Waals surface area contributed by atoms with Crippen molar-refractivity contribution in [3.63, 3.8) is 0 Å². The number of benzene rings is 2. The molecule has 3 amide bonds. The molecule has 0 radical (unpaired) electrons. The normalized spacial score (nSPS) is 10.8. The van der Waals surface area contributed by atoms with Crippen LogP contribution in [0.1, 0.15) is 29.2 Å². The zero-order valence-corrected chi connectivity index (χ0v) is 24.6. The van der Waals surface area contributed by atoms with E-state index in [1.165, 1.54) is 4.88 Å². The number of anilines is 1. The summed E-state index contributed by atoms with van der Waals surface area (Å²) in [5.74, 6) is 1.23. The molecule has 3 aromatic rings. The highest BCUT2D eigenvalue weighted by molar-refractivity contribution is 7.98. The van der Waals surface area contributed by atoms with Gasteiger partial charge in [-0.05, 0) is 87.5 Å². The molecule has 0 spiro atoms. The number of amides is 3. The van der Waals surface area contributed by atoms with Crippen LogP contribution < -0.4 is 14.8 Å². The lowest BCUT2D eigenvalue weighted by Gasteiger charge is -2.30. The van der Waals surface area contributed by atoms with Crippen molar-refractivity contribution in [2.75, 3.05) is 38.9 Å². The first kappa shape index (κ1) is 29.4. The predicted octanol–water partition coefficient (Wildman–Crippen LogP) is 6.31. The van der Waals surface area contributed by atoms with E-state index in [-0.39, 0.29) is 24.5 Å². The van der Waals surface area contributed by atoms with E-state index in [2.05, 4.69) is 24.4 Å². The maximum Gasteiger partial charge on any atom is 0.322 e. The van der Waals surface area contributed by atoms with Crippen molar-refractivity contribution in [2.45, 2.75) is 44.7 Å². The number of carbonyl (C=O) groups excluding carboxylic acids is 2. The van der Waals surface area contributed by atoms with E-state index in [1.807, 2.05) is 67.5 Å². The number of methoxy groups -OCH3 is 2. The summed E-state index contributed by atoms with van der Waals surface area (Å²) in [6, 6.07) is 17.1. The number of hydrogen-bond donors (Lipinski definition) is 1. The molecule has 0 bridgehead atoms. The topological polar surface area (TPSA) is 71.1 Å². The fourth-order valence-corrected chi connectivity index (χ4v) is 5.27. The summed E-state index contributed by atoms with van der Waals surface area (Å²) in [5, 5.41) is 2.94. The lowest BCUT2D eigenvalue weighted by Crippen LogP contribution is -2.47. The minimum Gasteiger partial charge on any atom is -0.493 e. The Kier molecular flexibility index (Phi) is 10.9. The minimum absolute atomic E-state index is 0.0112. The van der Waals surface area contributed by atoms with Gasteiger partial charge in [0.1, 0.15) is 6.54 Å². The largest absolute Gasteiger partial charge is 0.493 e. The Morgan fingerprint density at radius 3 is 2.29 bits per heavy atom. The Balaban J connectivity index is 1.74. The van der Waals surface area contributed by atoms with Gasteiger partial charge in [0, 0.05) is 32.9 Å². The summed E-state index contributed by atoms with van der Waals surface area (Å²) < 4.78 is 10.8. The van der Waals surface area contributed by atoms with Crippen LogP contribution in [0.3, 0.4) is 0 Å². The molecule has 9 heteroatoms. The Labute approximate surface area is 234 Å². The van der Waals surface area contributed by atoms with Gasteiger partial charge in [-0.2, -0.15) is 0 Å². The molecule has 38 heavy (non-hydrogen) atoms. The van der Waals surface area contributed by atoms with Gasteiger partial charge < -0.3 is 24.6 Å². The van der Waals surface area contributed by atoms with Gasteiger partial charge in [0.2, 0.25) is 5.91 Å². The van der Waals surface area contributed by atoms with Gasteiger partial charge in [-0.3, -0.25) is 4.79 Å². The van der Waals surface area contributed by atoms with Crippen LogP contribution in [0.5, 0.6) is 11.5 Å². The lowest BCUT2D eigenvalue weighted by atomic mass is 10.1. The van der Waals surface area contributed by atoms with Crippen molar-refractivity contribution in [3.8, 4) is 11.5 Å². The third-order valence-corrected chi connectivity index (χ3v) is 7.87. The Bertz CT molecular complexity index is 1210. The fourth-order valence-electron chi connectivity index (χ4n) is 3.95. The molecule has 204 valence electrons. The maximum absolute atomic E-state index is 13.6. The molecule has 3 rings (SSSR count). The summed E-state index contributed by atoms with van der Waals surface area (Å²) in [4.78, 5) is 33.6. The van der Waals surface area contributed by atoms with Gasteiger partial charge in [-0.1, -0.05) is 6.07 Å². The highest BCUT2D eigenvalue weighted by Crippen LogP contribution is 2.28. The number of thiophene rings is 1. The number of hydrogen-bond acceptors (Lipinski definition) is 6. The molecule has 0 saturated carbocycles. The summed E-state index contributed by atoms with van der Waals surface area (Å²) in [7, 11) is 3.22. The average molecular weight is 556 g/mol. The second kappa shape index (κ2) is 14.1. The van der Waals surface area contributed by atoms with Crippen molar-refractivity contribution in [1.29, 1.82) is 0 Å². The summed E-state index contributed by atoms with van der Waals surface area (Å²) in [5.41, 5.74) is 1.74. The fraction of sp³-hybridized carbons (Fsp3) is 0.379. The third-order valence-electron chi connectivity index (χ3n) is 6.14. The van der Waals surface area contributed by atoms with E-state index >= 15 is 0 Å². The first-order valence-electron chi connectivity index (χ1n) is 12.5. The molecule has 1 N–H and O–H groups in total. The second-order valence-electron chi connectivity index (χ2n) is 9.15. The van der Waals surface area contributed by atoms with Gasteiger partial charge in [0.05, 0.1) is 20.8 Å². The van der Waals surface area contributed by atoms with Crippen molar-refractivity contribution in [1.82, 2.24) is 9.80 Å². The SMILES string of the molecule is COc1ccc(CCN(Cc2ccc(C)s2)C(=O)CN(C(=O)Nc2ccc(SC)cc2)C(C)C)cc1OC. The molecule has 0 atom stereocenters. The maximum atomic E-state index is 13.6. The quantitative estimate of drug-likeness (QED) is 0.265. The van der Waals surface area contributed by atoms with Gasteiger partial charge >= 0.3 is 6.03 Å². The number of nitrogens with one attached hydrogen (secondary N) is 1. The van der Waals surface area contributed by atoms with Gasteiger partial charge in [0.25, 0.3) is 0 Å². The van der Waals surface area contributed by atoms with E-state index in [1.54, 1.807) is 42.2 Å². The molecule has 0 unspecified atom stereocenters. The van der Waals surface area contributed by atoms with Crippen LogP contribution in [0.4, 0.5) is 10.5 Å². The number of thioether (sulfide) groups is 1. The van der Waals surface area contributed by atoms with E-state index in [4.69, 9.17) is 9.47 Å². The van der Waals surface area contributed by atoms with Crippen LogP contribution in [0, 0.1) is 6.92 Å². The Morgan fingerprint density at radius 2 is 1.71 bits per heavy atom. The molecule has 1 aromatic heterocycles. The van der Waals surface area contributed by atoms with Gasteiger partial charge in [-0.15, -0.1) is 23.1 Å². The van der Waals surface area contributed by atoms with Crippen LogP contribution in [-0.4, -0.2) is 61.3 Å². The molecule has 0 aliphatic carbocycles. The molecule has 0 fully saturated rings. The Morgan fingerprint density at radius 1 is 1.00 bits per heavy atom. The van der Waals surface area contributed by atoms with Crippen LogP contribution in [0.15, 0.2) is 59.5 Å². The number of aryl methyl sites for hydroxylation is 1. The van der Waals surface area contributed by atoms with E-state index in [0.29, 0.717) is 36.7 Å². The highest BCUT2D eigenvalue weighted by Gasteiger charge is 2.24. The van der Waals surface area contributed by atoms with E-state index in [9.17, 15) is 9.59 Å². The van der Waals surface area contributed by atoms with Gasteiger partial charge in [0.15, 0.2) is 11.5 Å². The first-order chi connectivity index (χ1) is 18.2. The smallest absolute Gasteiger partial charge is 0.322 e. The zero-order chi connectivity index (χ0) is 27.7. The third kappa shape index (κ3) is 8.16. The zero-order valence-electron chi connectivity index (χ0n) is 22.9. The van der Waals surface area contributed by atoms with Gasteiger partial charge in [-0.25, -0.2) is 4.79 Å². The monoisotopic (exact) mass is 555 g/mol. The first-order valence-corrected chi connectivity index (χ1v) is 14.5. The Hall–Kier alpha value is -3.17. The number of nitrogens with zero attached hydrogens (tertiary/aromatic N) is 2. The molecular weight excluding hydrogens is 518 g/mol. The predicted molar refractivity (Wildman–Crippen MR) is 157 cm³/mol. The molecule has 0 saturated heterocycles. The molecule has 0 aliphatic heterocycles. The molecule has 7 nitrogen and oxygen atoms in total. The molecule has 0 aliphatic rings. The van der Waals surface area contributed by atoms with Crippen LogP contribution >= 0.6 is 23.1 Å². The second-order valence-corrected chi connectivity index (χ2v) is 11.4.